The van der Waals surface area contributed by atoms with Crippen molar-refractivity contribution in [3.8, 4) is 0 Å². The lowest BCUT2D eigenvalue weighted by molar-refractivity contribution is 0.592. The zero-order valence-electron chi connectivity index (χ0n) is 10.6. The van der Waals surface area contributed by atoms with Crippen molar-refractivity contribution in [3.63, 3.8) is 0 Å². The van der Waals surface area contributed by atoms with E-state index < -0.39 is 10.0 Å². The molecule has 0 fully saturated rings. The Morgan fingerprint density at radius 2 is 2.05 bits per heavy atom. The van der Waals surface area contributed by atoms with Gasteiger partial charge in [-0.25, -0.2) is 8.42 Å². The summed E-state index contributed by atoms with van der Waals surface area (Å²) in [6, 6.07) is 7.11. The largest absolute Gasteiger partial charge is 0.397 e. The van der Waals surface area contributed by atoms with E-state index in [0.717, 1.165) is 5.56 Å². The zero-order chi connectivity index (χ0) is 13.6. The number of nitrogens with two attached hydrogens (primary N) is 1. The third kappa shape index (κ3) is 1.79. The van der Waals surface area contributed by atoms with Crippen molar-refractivity contribution in [2.75, 3.05) is 16.6 Å². The number of hydrogen-bond donors (Lipinski definition) is 1. The topological polar surface area (TPSA) is 68.3 Å². The minimum absolute atomic E-state index is 0.297. The molecule has 0 amide bonds. The summed E-state index contributed by atoms with van der Waals surface area (Å²) in [5.41, 5.74) is 8.06. The lowest BCUT2D eigenvalue weighted by atomic mass is 10.1. The molecule has 0 unspecified atom stereocenters. The maximum atomic E-state index is 12.6. The van der Waals surface area contributed by atoms with Crippen LogP contribution in [0.25, 0.3) is 0 Å². The summed E-state index contributed by atoms with van der Waals surface area (Å²) >= 11 is 0. The van der Waals surface area contributed by atoms with Crippen LogP contribution in [0.15, 0.2) is 41.6 Å². The normalized spacial score (nSPS) is 14.7. The highest BCUT2D eigenvalue weighted by atomic mass is 32.2. The Bertz CT molecular complexity index is 734. The van der Waals surface area contributed by atoms with Crippen LogP contribution in [0.3, 0.4) is 0 Å². The van der Waals surface area contributed by atoms with E-state index in [1.165, 1.54) is 4.31 Å². The van der Waals surface area contributed by atoms with E-state index in [1.807, 2.05) is 12.1 Å². The van der Waals surface area contributed by atoms with Gasteiger partial charge in [0, 0.05) is 26.0 Å². The molecule has 0 saturated carbocycles. The van der Waals surface area contributed by atoms with Gasteiger partial charge in [-0.15, -0.1) is 0 Å². The van der Waals surface area contributed by atoms with Crippen molar-refractivity contribution >= 4 is 21.4 Å². The van der Waals surface area contributed by atoms with Crippen LogP contribution >= 0.6 is 0 Å². The Labute approximate surface area is 112 Å². The van der Waals surface area contributed by atoms with Crippen LogP contribution in [-0.4, -0.2) is 19.5 Å². The third-order valence-corrected chi connectivity index (χ3v) is 5.16. The molecule has 1 aliphatic rings. The Kier molecular flexibility index (Phi) is 2.56. The molecular weight excluding hydrogens is 262 g/mol. The Hall–Kier alpha value is -1.95. The standard InChI is InChI=1S/C13H15N3O2S/c1-15-7-6-11(9-15)19(17,18)16-8-5-10-3-2-4-12(14)13(10)16/h2-4,6-7,9H,5,8,14H2,1H3. The third-order valence-electron chi connectivity index (χ3n) is 3.38. The molecule has 100 valence electrons. The highest BCUT2D eigenvalue weighted by Gasteiger charge is 2.32. The molecular formula is C13H15N3O2S. The quantitative estimate of drug-likeness (QED) is 0.843. The molecule has 0 spiro atoms. The number of sulfonamides is 1. The van der Waals surface area contributed by atoms with Crippen LogP contribution in [0.2, 0.25) is 0 Å². The van der Waals surface area contributed by atoms with Gasteiger partial charge < -0.3 is 10.3 Å². The van der Waals surface area contributed by atoms with Gasteiger partial charge in [0.1, 0.15) is 4.90 Å². The van der Waals surface area contributed by atoms with E-state index in [-0.39, 0.29) is 0 Å². The first kappa shape index (κ1) is 12.1. The number of para-hydroxylation sites is 1. The van der Waals surface area contributed by atoms with Gasteiger partial charge in [0.2, 0.25) is 0 Å². The van der Waals surface area contributed by atoms with Gasteiger partial charge in [-0.2, -0.15) is 0 Å². The van der Waals surface area contributed by atoms with Crippen molar-refractivity contribution < 1.29 is 8.42 Å². The van der Waals surface area contributed by atoms with Crippen LogP contribution in [-0.2, 0) is 23.5 Å². The molecule has 1 aromatic carbocycles. The average Bonchev–Trinajstić information content (AvgIpc) is 2.96. The fraction of sp³-hybridized carbons (Fsp3) is 0.231. The van der Waals surface area contributed by atoms with Gasteiger partial charge in [-0.3, -0.25) is 4.31 Å². The number of aromatic nitrogens is 1. The summed E-state index contributed by atoms with van der Waals surface area (Å²) in [5, 5.41) is 0. The predicted octanol–water partition coefficient (Wildman–Crippen LogP) is 1.36. The smallest absolute Gasteiger partial charge is 0.265 e. The van der Waals surface area contributed by atoms with Crippen molar-refractivity contribution in [3.05, 3.63) is 42.2 Å². The zero-order valence-corrected chi connectivity index (χ0v) is 11.4. The molecule has 0 atom stereocenters. The number of anilines is 2. The van der Waals surface area contributed by atoms with Crippen LogP contribution < -0.4 is 10.0 Å². The fourth-order valence-corrected chi connectivity index (χ4v) is 4.03. The van der Waals surface area contributed by atoms with Crippen molar-refractivity contribution in [2.24, 2.45) is 7.05 Å². The average molecular weight is 277 g/mol. The second-order valence-electron chi connectivity index (χ2n) is 4.69. The molecule has 3 rings (SSSR count). The maximum Gasteiger partial charge on any atom is 0.265 e. The first-order chi connectivity index (χ1) is 9.00. The molecule has 2 aromatic rings. The first-order valence-corrected chi connectivity index (χ1v) is 7.46. The van der Waals surface area contributed by atoms with Crippen molar-refractivity contribution in [1.29, 1.82) is 0 Å². The highest BCUT2D eigenvalue weighted by Crippen LogP contribution is 2.37. The molecule has 0 aliphatic carbocycles. The molecule has 1 aromatic heterocycles. The number of nitrogens with zero attached hydrogens (tertiary/aromatic N) is 2. The molecule has 5 nitrogen and oxygen atoms in total. The van der Waals surface area contributed by atoms with Gasteiger partial charge in [-0.05, 0) is 24.1 Å². The molecule has 6 heteroatoms. The highest BCUT2D eigenvalue weighted by molar-refractivity contribution is 7.92. The van der Waals surface area contributed by atoms with E-state index in [4.69, 9.17) is 5.73 Å². The van der Waals surface area contributed by atoms with Gasteiger partial charge >= 0.3 is 0 Å². The van der Waals surface area contributed by atoms with Gasteiger partial charge in [-0.1, -0.05) is 12.1 Å². The van der Waals surface area contributed by atoms with Crippen LogP contribution in [0.5, 0.6) is 0 Å². The molecule has 2 heterocycles. The van der Waals surface area contributed by atoms with E-state index in [0.29, 0.717) is 29.2 Å². The summed E-state index contributed by atoms with van der Waals surface area (Å²) in [5.74, 6) is 0. The van der Waals surface area contributed by atoms with E-state index in [2.05, 4.69) is 0 Å². The van der Waals surface area contributed by atoms with Crippen LogP contribution in [0, 0.1) is 0 Å². The van der Waals surface area contributed by atoms with Gasteiger partial charge in [0.15, 0.2) is 0 Å². The second-order valence-corrected chi connectivity index (χ2v) is 6.56. The SMILES string of the molecule is Cn1ccc(S(=O)(=O)N2CCc3cccc(N)c32)c1. The molecule has 19 heavy (non-hydrogen) atoms. The molecule has 0 saturated heterocycles. The van der Waals surface area contributed by atoms with E-state index >= 15 is 0 Å². The van der Waals surface area contributed by atoms with E-state index in [1.54, 1.807) is 36.1 Å². The number of fused-ring (bicyclic) bond motifs is 1. The summed E-state index contributed by atoms with van der Waals surface area (Å²) in [6.45, 7) is 0.445. The lowest BCUT2D eigenvalue weighted by Gasteiger charge is -2.20. The van der Waals surface area contributed by atoms with Crippen molar-refractivity contribution in [1.82, 2.24) is 4.57 Å². The molecule has 0 radical (unpaired) electrons. The summed E-state index contributed by atoms with van der Waals surface area (Å²) < 4.78 is 28.4. The monoisotopic (exact) mass is 277 g/mol. The number of nitrogen functional groups attached to an aromatic ring is 1. The second kappa shape index (κ2) is 4.03. The van der Waals surface area contributed by atoms with Crippen LogP contribution in [0.1, 0.15) is 5.56 Å². The Morgan fingerprint density at radius 3 is 2.74 bits per heavy atom. The minimum Gasteiger partial charge on any atom is -0.397 e. The van der Waals surface area contributed by atoms with Crippen LogP contribution in [0.4, 0.5) is 11.4 Å². The summed E-state index contributed by atoms with van der Waals surface area (Å²) in [7, 11) is -1.72. The summed E-state index contributed by atoms with van der Waals surface area (Å²) in [6.07, 6.45) is 4.02. The van der Waals surface area contributed by atoms with Crippen molar-refractivity contribution in [2.45, 2.75) is 11.3 Å². The number of aryl methyl sites for hydroxylation is 1. The van der Waals surface area contributed by atoms with Gasteiger partial charge in [0.05, 0.1) is 11.4 Å². The first-order valence-electron chi connectivity index (χ1n) is 6.02. The minimum atomic E-state index is -3.52. The number of benzene rings is 1. The molecule has 0 bridgehead atoms. The number of hydrogen-bond acceptors (Lipinski definition) is 3. The molecule has 1 aliphatic heterocycles. The molecule has 2 N–H and O–H groups in total. The number of rotatable bonds is 2. The van der Waals surface area contributed by atoms with Gasteiger partial charge in [0.25, 0.3) is 10.0 Å². The summed E-state index contributed by atoms with van der Waals surface area (Å²) in [4.78, 5) is 0.297. The lowest BCUT2D eigenvalue weighted by Crippen LogP contribution is -2.29. The maximum absolute atomic E-state index is 12.6. The Balaban J connectivity index is 2.11. The fourth-order valence-electron chi connectivity index (χ4n) is 2.45. The Morgan fingerprint density at radius 1 is 1.26 bits per heavy atom. The predicted molar refractivity (Wildman–Crippen MR) is 74.5 cm³/mol. The van der Waals surface area contributed by atoms with E-state index in [9.17, 15) is 8.42 Å².